The number of fused-ring (bicyclic) bond motifs is 1. The number of benzene rings is 1. The van der Waals surface area contributed by atoms with E-state index in [9.17, 15) is 9.59 Å². The van der Waals surface area contributed by atoms with E-state index >= 15 is 0 Å². The van der Waals surface area contributed by atoms with Crippen molar-refractivity contribution in [2.75, 3.05) is 37.3 Å². The van der Waals surface area contributed by atoms with Crippen molar-refractivity contribution < 1.29 is 9.59 Å². The van der Waals surface area contributed by atoms with Crippen LogP contribution < -0.4 is 16.0 Å². The van der Waals surface area contributed by atoms with Gasteiger partial charge in [0.2, 0.25) is 11.8 Å². The topological polar surface area (TPSA) is 73.5 Å². The first kappa shape index (κ1) is 14.2. The van der Waals surface area contributed by atoms with Crippen LogP contribution in [0.3, 0.4) is 0 Å². The van der Waals surface area contributed by atoms with E-state index in [4.69, 9.17) is 0 Å². The zero-order valence-electron chi connectivity index (χ0n) is 11.8. The molecule has 0 spiro atoms. The molecule has 0 bridgehead atoms. The van der Waals surface area contributed by atoms with E-state index in [1.54, 1.807) is 11.9 Å². The molecule has 2 amide bonds. The average Bonchev–Trinajstić information content (AvgIpc) is 2.51. The predicted molar refractivity (Wildman–Crippen MR) is 78.7 cm³/mol. The van der Waals surface area contributed by atoms with Gasteiger partial charge in [-0.15, -0.1) is 0 Å². The second kappa shape index (κ2) is 6.27. The first-order valence-corrected chi connectivity index (χ1v) is 6.74. The van der Waals surface area contributed by atoms with Crippen molar-refractivity contribution in [3.63, 3.8) is 0 Å². The van der Waals surface area contributed by atoms with Gasteiger partial charge < -0.3 is 20.9 Å². The molecular weight excluding hydrogens is 256 g/mol. The third kappa shape index (κ3) is 3.01. The van der Waals surface area contributed by atoms with Crippen LogP contribution in [0.25, 0.3) is 0 Å². The lowest BCUT2D eigenvalue weighted by molar-refractivity contribution is -0.136. The summed E-state index contributed by atoms with van der Waals surface area (Å²) in [4.78, 5) is 25.4. The number of nitrogens with zero attached hydrogens (tertiary/aromatic N) is 1. The van der Waals surface area contributed by atoms with Gasteiger partial charge in [0.1, 0.15) is 6.04 Å². The molecule has 0 saturated heterocycles. The minimum atomic E-state index is -0.352. The fourth-order valence-corrected chi connectivity index (χ4v) is 2.18. The molecule has 1 aromatic carbocycles. The summed E-state index contributed by atoms with van der Waals surface area (Å²) >= 11 is 0. The summed E-state index contributed by atoms with van der Waals surface area (Å²) in [5.74, 6) is -0.234. The minimum Gasteiger partial charge on any atom is -0.381 e. The summed E-state index contributed by atoms with van der Waals surface area (Å²) in [6.07, 6.45) is 0. The molecule has 0 fully saturated rings. The Morgan fingerprint density at radius 2 is 2.05 bits per heavy atom. The van der Waals surface area contributed by atoms with Crippen molar-refractivity contribution in [1.82, 2.24) is 10.2 Å². The highest BCUT2D eigenvalue weighted by molar-refractivity contribution is 5.91. The Hall–Kier alpha value is -2.24. The van der Waals surface area contributed by atoms with E-state index in [1.165, 1.54) is 0 Å². The van der Waals surface area contributed by atoms with Crippen molar-refractivity contribution in [1.29, 1.82) is 0 Å². The van der Waals surface area contributed by atoms with Crippen LogP contribution in [0.1, 0.15) is 6.92 Å². The van der Waals surface area contributed by atoms with Crippen LogP contribution in [0.2, 0.25) is 0 Å². The summed E-state index contributed by atoms with van der Waals surface area (Å²) < 4.78 is 0. The fourth-order valence-electron chi connectivity index (χ4n) is 2.18. The maximum atomic E-state index is 12.4. The molecule has 2 rings (SSSR count). The Kier molecular flexibility index (Phi) is 4.45. The molecule has 0 saturated carbocycles. The average molecular weight is 276 g/mol. The fraction of sp³-hybridized carbons (Fsp3) is 0.429. The van der Waals surface area contributed by atoms with Gasteiger partial charge in [0.25, 0.3) is 0 Å². The Labute approximate surface area is 118 Å². The third-order valence-corrected chi connectivity index (χ3v) is 3.36. The van der Waals surface area contributed by atoms with Crippen molar-refractivity contribution in [2.45, 2.75) is 13.0 Å². The molecule has 0 aromatic heterocycles. The quantitative estimate of drug-likeness (QED) is 0.748. The van der Waals surface area contributed by atoms with Crippen molar-refractivity contribution in [3.8, 4) is 0 Å². The number of carbonyl (C=O) groups is 2. The maximum absolute atomic E-state index is 12.4. The number of anilines is 2. The lowest BCUT2D eigenvalue weighted by Gasteiger charge is -2.31. The molecule has 1 aromatic rings. The van der Waals surface area contributed by atoms with Crippen LogP contribution in [-0.2, 0) is 9.59 Å². The highest BCUT2D eigenvalue weighted by Crippen LogP contribution is 2.25. The first-order chi connectivity index (χ1) is 9.65. The van der Waals surface area contributed by atoms with E-state index in [0.29, 0.717) is 13.1 Å². The molecule has 6 nitrogen and oxygen atoms in total. The van der Waals surface area contributed by atoms with E-state index in [-0.39, 0.29) is 24.4 Å². The van der Waals surface area contributed by atoms with Gasteiger partial charge in [-0.1, -0.05) is 12.1 Å². The van der Waals surface area contributed by atoms with Crippen LogP contribution in [0.15, 0.2) is 24.3 Å². The molecule has 1 aliphatic heterocycles. The van der Waals surface area contributed by atoms with Crippen LogP contribution in [0.5, 0.6) is 0 Å². The van der Waals surface area contributed by atoms with Gasteiger partial charge in [-0.2, -0.15) is 0 Å². The van der Waals surface area contributed by atoms with Gasteiger partial charge in [-0.25, -0.2) is 0 Å². The number of rotatable bonds is 4. The highest BCUT2D eigenvalue weighted by Gasteiger charge is 2.27. The second-order valence-corrected chi connectivity index (χ2v) is 4.65. The van der Waals surface area contributed by atoms with E-state index in [0.717, 1.165) is 11.4 Å². The number of hydrogen-bond donors (Lipinski definition) is 3. The van der Waals surface area contributed by atoms with Gasteiger partial charge in [0.05, 0.1) is 17.9 Å². The Bertz CT molecular complexity index is 504. The van der Waals surface area contributed by atoms with Gasteiger partial charge in [-0.05, 0) is 19.1 Å². The Morgan fingerprint density at radius 1 is 1.35 bits per heavy atom. The maximum Gasteiger partial charge on any atom is 0.247 e. The monoisotopic (exact) mass is 276 g/mol. The molecule has 20 heavy (non-hydrogen) atoms. The molecule has 0 radical (unpaired) electrons. The third-order valence-electron chi connectivity index (χ3n) is 3.36. The largest absolute Gasteiger partial charge is 0.381 e. The van der Waals surface area contributed by atoms with Crippen molar-refractivity contribution in [2.24, 2.45) is 0 Å². The van der Waals surface area contributed by atoms with Crippen LogP contribution in [0.4, 0.5) is 11.4 Å². The molecule has 1 heterocycles. The van der Waals surface area contributed by atoms with Crippen LogP contribution >= 0.6 is 0 Å². The van der Waals surface area contributed by atoms with Gasteiger partial charge in [0.15, 0.2) is 0 Å². The van der Waals surface area contributed by atoms with Gasteiger partial charge in [0, 0.05) is 20.1 Å². The summed E-state index contributed by atoms with van der Waals surface area (Å²) in [5.41, 5.74) is 1.90. The van der Waals surface area contributed by atoms with E-state index < -0.39 is 0 Å². The summed E-state index contributed by atoms with van der Waals surface area (Å²) in [6, 6.07) is 7.40. The number of carbonyl (C=O) groups excluding carboxylic acids is 2. The lowest BCUT2D eigenvalue weighted by Crippen LogP contribution is -2.50. The zero-order chi connectivity index (χ0) is 14.5. The molecular formula is C14H20N4O2. The van der Waals surface area contributed by atoms with Crippen LogP contribution in [-0.4, -0.2) is 49.4 Å². The van der Waals surface area contributed by atoms with E-state index in [1.807, 2.05) is 31.2 Å². The smallest absolute Gasteiger partial charge is 0.247 e. The summed E-state index contributed by atoms with van der Waals surface area (Å²) in [6.45, 7) is 2.98. The number of likely N-dealkylation sites (N-methyl/N-ethyl adjacent to an activating group) is 2. The normalized spacial score (nSPS) is 16.4. The predicted octanol–water partition coefficient (Wildman–Crippen LogP) is 0.487. The molecule has 6 heteroatoms. The number of para-hydroxylation sites is 2. The molecule has 1 aliphatic rings. The Morgan fingerprint density at radius 3 is 2.70 bits per heavy atom. The SMILES string of the molecule is CCN(CC(=O)NC)C(=O)C1CNc2ccccc2N1. The molecule has 108 valence electrons. The first-order valence-electron chi connectivity index (χ1n) is 6.74. The number of amides is 2. The van der Waals surface area contributed by atoms with Gasteiger partial charge >= 0.3 is 0 Å². The molecule has 1 unspecified atom stereocenters. The lowest BCUT2D eigenvalue weighted by atomic mass is 10.1. The summed E-state index contributed by atoms with van der Waals surface area (Å²) in [5, 5.41) is 8.98. The number of hydrogen-bond acceptors (Lipinski definition) is 4. The summed E-state index contributed by atoms with van der Waals surface area (Å²) in [7, 11) is 1.57. The number of nitrogens with one attached hydrogen (secondary N) is 3. The molecule has 1 atom stereocenters. The highest BCUT2D eigenvalue weighted by atomic mass is 16.2. The Balaban J connectivity index is 2.04. The zero-order valence-corrected chi connectivity index (χ0v) is 11.8. The molecule has 3 N–H and O–H groups in total. The van der Waals surface area contributed by atoms with Crippen molar-refractivity contribution in [3.05, 3.63) is 24.3 Å². The van der Waals surface area contributed by atoms with Crippen molar-refractivity contribution >= 4 is 23.2 Å². The van der Waals surface area contributed by atoms with E-state index in [2.05, 4.69) is 16.0 Å². The standard InChI is InChI=1S/C14H20N4O2/c1-3-18(9-13(19)15-2)14(20)12-8-16-10-6-4-5-7-11(10)17-12/h4-7,12,16-17H,3,8-9H2,1-2H3,(H,15,19). The van der Waals surface area contributed by atoms with Crippen LogP contribution in [0, 0.1) is 0 Å². The van der Waals surface area contributed by atoms with Gasteiger partial charge in [-0.3, -0.25) is 9.59 Å². The molecule has 0 aliphatic carbocycles. The minimum absolute atomic E-state index is 0.0712. The second-order valence-electron chi connectivity index (χ2n) is 4.65.